The summed E-state index contributed by atoms with van der Waals surface area (Å²) in [5.41, 5.74) is 6.02. The Bertz CT molecular complexity index is 1170. The van der Waals surface area contributed by atoms with Gasteiger partial charge in [-0.3, -0.25) is 9.78 Å². The predicted molar refractivity (Wildman–Crippen MR) is 121 cm³/mol. The molecule has 4 rings (SSSR count). The smallest absolute Gasteiger partial charge is 0.251 e. The van der Waals surface area contributed by atoms with Gasteiger partial charge in [0.2, 0.25) is 0 Å². The van der Waals surface area contributed by atoms with Crippen LogP contribution in [0.25, 0.3) is 22.0 Å². The molecule has 1 aromatic heterocycles. The SMILES string of the molecule is CSc1cc(C(=O)NCc2ccc3cccnc3c2)cc(-c2ccc(C)cc2)c1. The normalized spacial score (nSPS) is 10.8. The van der Waals surface area contributed by atoms with Gasteiger partial charge in [0.25, 0.3) is 5.91 Å². The molecule has 144 valence electrons. The Morgan fingerprint density at radius 1 is 0.966 bits per heavy atom. The van der Waals surface area contributed by atoms with Crippen LogP contribution in [-0.2, 0) is 6.54 Å². The van der Waals surface area contributed by atoms with Crippen LogP contribution in [0.2, 0.25) is 0 Å². The number of carbonyl (C=O) groups is 1. The van der Waals surface area contributed by atoms with Crippen LogP contribution in [0, 0.1) is 6.92 Å². The summed E-state index contributed by atoms with van der Waals surface area (Å²) < 4.78 is 0. The predicted octanol–water partition coefficient (Wildman–Crippen LogP) is 5.86. The highest BCUT2D eigenvalue weighted by Gasteiger charge is 2.10. The average molecular weight is 399 g/mol. The van der Waals surface area contributed by atoms with Gasteiger partial charge in [0.15, 0.2) is 0 Å². The zero-order valence-corrected chi connectivity index (χ0v) is 17.3. The number of hydrogen-bond acceptors (Lipinski definition) is 3. The highest BCUT2D eigenvalue weighted by atomic mass is 32.2. The van der Waals surface area contributed by atoms with E-state index in [0.29, 0.717) is 12.1 Å². The summed E-state index contributed by atoms with van der Waals surface area (Å²) in [6.07, 6.45) is 3.81. The Kier molecular flexibility index (Phi) is 5.63. The topological polar surface area (TPSA) is 42.0 Å². The molecule has 0 spiro atoms. The Morgan fingerprint density at radius 2 is 1.79 bits per heavy atom. The number of amides is 1. The van der Waals surface area contributed by atoms with E-state index in [9.17, 15) is 4.79 Å². The van der Waals surface area contributed by atoms with Crippen molar-refractivity contribution in [2.75, 3.05) is 6.26 Å². The number of pyridine rings is 1. The maximum atomic E-state index is 12.9. The minimum atomic E-state index is -0.0737. The Morgan fingerprint density at radius 3 is 2.59 bits per heavy atom. The van der Waals surface area contributed by atoms with Gasteiger partial charge in [-0.15, -0.1) is 11.8 Å². The van der Waals surface area contributed by atoms with Gasteiger partial charge in [-0.1, -0.05) is 48.0 Å². The summed E-state index contributed by atoms with van der Waals surface area (Å²) in [6.45, 7) is 2.54. The number of fused-ring (bicyclic) bond motifs is 1. The van der Waals surface area contributed by atoms with E-state index in [1.54, 1.807) is 18.0 Å². The fourth-order valence-electron chi connectivity index (χ4n) is 3.27. The first-order chi connectivity index (χ1) is 14.1. The highest BCUT2D eigenvalue weighted by molar-refractivity contribution is 7.98. The molecular formula is C25H22N2OS. The second-order valence-corrected chi connectivity index (χ2v) is 7.91. The van der Waals surface area contributed by atoms with Crippen molar-refractivity contribution in [3.05, 3.63) is 95.7 Å². The van der Waals surface area contributed by atoms with E-state index in [1.807, 2.05) is 48.7 Å². The lowest BCUT2D eigenvalue weighted by molar-refractivity contribution is 0.0950. The van der Waals surface area contributed by atoms with Crippen LogP contribution < -0.4 is 5.32 Å². The van der Waals surface area contributed by atoms with E-state index >= 15 is 0 Å². The molecule has 0 saturated heterocycles. The van der Waals surface area contributed by atoms with Gasteiger partial charge in [-0.05, 0) is 60.2 Å². The second-order valence-electron chi connectivity index (χ2n) is 7.03. The van der Waals surface area contributed by atoms with Gasteiger partial charge in [-0.2, -0.15) is 0 Å². The van der Waals surface area contributed by atoms with E-state index in [-0.39, 0.29) is 5.91 Å². The molecule has 0 aliphatic rings. The number of nitrogens with one attached hydrogen (secondary N) is 1. The molecule has 4 aromatic rings. The number of aromatic nitrogens is 1. The van der Waals surface area contributed by atoms with Crippen molar-refractivity contribution in [1.82, 2.24) is 10.3 Å². The van der Waals surface area contributed by atoms with Crippen molar-refractivity contribution >= 4 is 28.6 Å². The lowest BCUT2D eigenvalue weighted by Crippen LogP contribution is -2.22. The average Bonchev–Trinajstić information content (AvgIpc) is 2.77. The number of rotatable bonds is 5. The first-order valence-corrected chi connectivity index (χ1v) is 10.7. The molecule has 0 aliphatic heterocycles. The molecular weight excluding hydrogens is 376 g/mol. The van der Waals surface area contributed by atoms with E-state index in [1.165, 1.54) is 5.56 Å². The van der Waals surface area contributed by atoms with Crippen LogP contribution in [0.1, 0.15) is 21.5 Å². The van der Waals surface area contributed by atoms with Crippen molar-refractivity contribution < 1.29 is 4.79 Å². The molecule has 3 aromatic carbocycles. The van der Waals surface area contributed by atoms with Gasteiger partial charge in [0.1, 0.15) is 0 Å². The number of nitrogens with zero attached hydrogens (tertiary/aromatic N) is 1. The van der Waals surface area contributed by atoms with Crippen molar-refractivity contribution in [3.8, 4) is 11.1 Å². The van der Waals surface area contributed by atoms with Crippen LogP contribution in [0.3, 0.4) is 0 Å². The molecule has 0 unspecified atom stereocenters. The maximum absolute atomic E-state index is 12.9. The number of carbonyl (C=O) groups excluding carboxylic acids is 1. The summed E-state index contributed by atoms with van der Waals surface area (Å²) in [5, 5.41) is 4.14. The fraction of sp³-hybridized carbons (Fsp3) is 0.120. The zero-order valence-electron chi connectivity index (χ0n) is 16.5. The monoisotopic (exact) mass is 398 g/mol. The number of hydrogen-bond donors (Lipinski definition) is 1. The van der Waals surface area contributed by atoms with Crippen molar-refractivity contribution in [2.24, 2.45) is 0 Å². The lowest BCUT2D eigenvalue weighted by Gasteiger charge is -2.10. The van der Waals surface area contributed by atoms with Crippen LogP contribution in [-0.4, -0.2) is 17.1 Å². The minimum absolute atomic E-state index is 0.0737. The molecule has 0 fully saturated rings. The minimum Gasteiger partial charge on any atom is -0.348 e. The Labute approximate surface area is 175 Å². The number of thioether (sulfide) groups is 1. The molecule has 0 atom stereocenters. The van der Waals surface area contributed by atoms with Crippen LogP contribution >= 0.6 is 11.8 Å². The number of benzene rings is 3. The molecule has 1 N–H and O–H groups in total. The summed E-state index contributed by atoms with van der Waals surface area (Å²) in [7, 11) is 0. The van der Waals surface area contributed by atoms with Crippen molar-refractivity contribution in [3.63, 3.8) is 0 Å². The third-order valence-electron chi connectivity index (χ3n) is 4.91. The van der Waals surface area contributed by atoms with Crippen LogP contribution in [0.15, 0.2) is 83.9 Å². The first-order valence-electron chi connectivity index (χ1n) is 9.50. The Hall–Kier alpha value is -3.11. The van der Waals surface area contributed by atoms with Crippen molar-refractivity contribution in [1.29, 1.82) is 0 Å². The molecule has 0 aliphatic carbocycles. The summed E-state index contributed by atoms with van der Waals surface area (Å²) >= 11 is 1.64. The van der Waals surface area contributed by atoms with Crippen molar-refractivity contribution in [2.45, 2.75) is 18.4 Å². The van der Waals surface area contributed by atoms with Gasteiger partial charge in [0.05, 0.1) is 5.52 Å². The molecule has 1 heterocycles. The molecule has 29 heavy (non-hydrogen) atoms. The molecule has 0 saturated carbocycles. The van der Waals surface area contributed by atoms with E-state index in [0.717, 1.165) is 32.5 Å². The summed E-state index contributed by atoms with van der Waals surface area (Å²) in [6, 6.07) is 24.4. The largest absolute Gasteiger partial charge is 0.348 e. The molecule has 0 radical (unpaired) electrons. The fourth-order valence-corrected chi connectivity index (χ4v) is 3.76. The lowest BCUT2D eigenvalue weighted by atomic mass is 10.0. The van der Waals surface area contributed by atoms with E-state index < -0.39 is 0 Å². The molecule has 0 bridgehead atoms. The van der Waals surface area contributed by atoms with Crippen LogP contribution in [0.4, 0.5) is 0 Å². The quantitative estimate of drug-likeness (QED) is 0.428. The number of aryl methyl sites for hydroxylation is 1. The van der Waals surface area contributed by atoms with Gasteiger partial charge >= 0.3 is 0 Å². The van der Waals surface area contributed by atoms with Gasteiger partial charge in [-0.25, -0.2) is 0 Å². The Balaban J connectivity index is 1.55. The molecule has 4 heteroatoms. The van der Waals surface area contributed by atoms with Crippen LogP contribution in [0.5, 0.6) is 0 Å². The second kappa shape index (κ2) is 8.50. The highest BCUT2D eigenvalue weighted by Crippen LogP contribution is 2.27. The first kappa shape index (κ1) is 19.2. The standard InChI is InChI=1S/C25H22N2OS/c1-17-5-8-19(9-6-17)21-13-22(15-23(14-21)29-2)25(28)27-16-18-7-10-20-4-3-11-26-24(20)12-18/h3-15H,16H2,1-2H3,(H,27,28). The van der Waals surface area contributed by atoms with E-state index in [2.05, 4.69) is 47.6 Å². The summed E-state index contributed by atoms with van der Waals surface area (Å²) in [4.78, 5) is 18.3. The van der Waals surface area contributed by atoms with Gasteiger partial charge < -0.3 is 5.32 Å². The van der Waals surface area contributed by atoms with E-state index in [4.69, 9.17) is 0 Å². The summed E-state index contributed by atoms with van der Waals surface area (Å²) in [5.74, 6) is -0.0737. The molecule has 1 amide bonds. The van der Waals surface area contributed by atoms with Gasteiger partial charge in [0, 0.05) is 28.6 Å². The molecule has 3 nitrogen and oxygen atoms in total. The third kappa shape index (κ3) is 4.49. The zero-order chi connectivity index (χ0) is 20.2. The maximum Gasteiger partial charge on any atom is 0.251 e. The third-order valence-corrected chi connectivity index (χ3v) is 5.62.